The van der Waals surface area contributed by atoms with E-state index in [-0.39, 0.29) is 4.90 Å². The van der Waals surface area contributed by atoms with Crippen LogP contribution < -0.4 is 5.73 Å². The van der Waals surface area contributed by atoms with Crippen LogP contribution in [0.15, 0.2) is 47.5 Å². The van der Waals surface area contributed by atoms with E-state index in [0.29, 0.717) is 17.0 Å². The van der Waals surface area contributed by atoms with E-state index in [1.54, 1.807) is 30.3 Å². The molecule has 0 aliphatic carbocycles. The van der Waals surface area contributed by atoms with Gasteiger partial charge in [-0.2, -0.15) is 0 Å². The first-order valence-corrected chi connectivity index (χ1v) is 13.6. The predicted molar refractivity (Wildman–Crippen MR) is 108 cm³/mol. The van der Waals surface area contributed by atoms with Crippen LogP contribution in [0, 0.1) is 11.5 Å². The molecular weight excluding hydrogens is 362 g/mol. The quantitative estimate of drug-likeness (QED) is 0.544. The summed E-state index contributed by atoms with van der Waals surface area (Å²) in [4.78, 5) is 4.95. The second kappa shape index (κ2) is 6.31. The summed E-state index contributed by atoms with van der Waals surface area (Å²) < 4.78 is 25.3. The molecule has 0 spiro atoms. The molecule has 0 amide bonds. The molecule has 2 N–H and O–H groups in total. The lowest BCUT2D eigenvalue weighted by molar-refractivity contribution is 0.602. The summed E-state index contributed by atoms with van der Waals surface area (Å²) in [6, 6.07) is 10.4. The molecule has 3 aromatic rings. The van der Waals surface area contributed by atoms with Crippen molar-refractivity contribution in [2.45, 2.75) is 24.5 Å². The molecule has 7 heteroatoms. The number of nitrogens with two attached hydrogens (primary N) is 1. The molecule has 3 rings (SSSR count). The van der Waals surface area contributed by atoms with Gasteiger partial charge in [-0.25, -0.2) is 13.4 Å². The van der Waals surface area contributed by atoms with Gasteiger partial charge in [0.1, 0.15) is 19.5 Å². The van der Waals surface area contributed by atoms with Crippen LogP contribution in [0.2, 0.25) is 19.6 Å². The first-order valence-electron chi connectivity index (χ1n) is 8.16. The maximum absolute atomic E-state index is 11.7. The van der Waals surface area contributed by atoms with Gasteiger partial charge in [-0.05, 0) is 24.3 Å². The zero-order valence-electron chi connectivity index (χ0n) is 15.2. The maximum atomic E-state index is 11.7. The Balaban J connectivity index is 2.25. The van der Waals surface area contributed by atoms with Gasteiger partial charge in [0.05, 0.1) is 10.6 Å². The van der Waals surface area contributed by atoms with Gasteiger partial charge in [0.15, 0.2) is 15.5 Å². The average Bonchev–Trinajstić information content (AvgIpc) is 2.92. The highest BCUT2D eigenvalue weighted by molar-refractivity contribution is 7.90. The summed E-state index contributed by atoms with van der Waals surface area (Å²) in [5.41, 5.74) is 12.9. The standard InChI is InChI=1S/C19H21N3O2SSi/c1-25(23,24)15-9-7-14(8-10-15)18-17(11-13-26(2,3)4)22-12-5-6-16(20)19(22)21-18/h5-10,12H,20H2,1-4H3. The number of hydrogen-bond donors (Lipinski definition) is 1. The lowest BCUT2D eigenvalue weighted by Crippen LogP contribution is -2.16. The van der Waals surface area contributed by atoms with Crippen molar-refractivity contribution in [1.29, 1.82) is 0 Å². The largest absolute Gasteiger partial charge is 0.396 e. The van der Waals surface area contributed by atoms with Crippen molar-refractivity contribution in [2.24, 2.45) is 0 Å². The number of anilines is 1. The molecule has 26 heavy (non-hydrogen) atoms. The third kappa shape index (κ3) is 3.66. The Morgan fingerprint density at radius 2 is 1.77 bits per heavy atom. The molecule has 1 aromatic carbocycles. The van der Waals surface area contributed by atoms with Crippen molar-refractivity contribution in [3.05, 3.63) is 48.3 Å². The molecule has 0 saturated heterocycles. The SMILES string of the molecule is C[Si](C)(C)C#Cc1c(-c2ccc(S(C)(=O)=O)cc2)nc2c(N)cccn12. The fraction of sp³-hybridized carbons (Fsp3) is 0.211. The van der Waals surface area contributed by atoms with Crippen LogP contribution in [0.1, 0.15) is 5.69 Å². The average molecular weight is 384 g/mol. The van der Waals surface area contributed by atoms with Crippen LogP contribution in [-0.2, 0) is 9.84 Å². The number of fused-ring (bicyclic) bond motifs is 1. The van der Waals surface area contributed by atoms with E-state index in [4.69, 9.17) is 5.73 Å². The van der Waals surface area contributed by atoms with Crippen molar-refractivity contribution in [2.75, 3.05) is 12.0 Å². The van der Waals surface area contributed by atoms with Crippen molar-refractivity contribution in [3.63, 3.8) is 0 Å². The second-order valence-corrected chi connectivity index (χ2v) is 14.0. The van der Waals surface area contributed by atoms with Gasteiger partial charge >= 0.3 is 0 Å². The van der Waals surface area contributed by atoms with E-state index in [9.17, 15) is 8.42 Å². The summed E-state index contributed by atoms with van der Waals surface area (Å²) in [7, 11) is -4.83. The van der Waals surface area contributed by atoms with Gasteiger partial charge in [-0.15, -0.1) is 5.54 Å². The highest BCUT2D eigenvalue weighted by atomic mass is 32.2. The number of hydrogen-bond acceptors (Lipinski definition) is 4. The van der Waals surface area contributed by atoms with E-state index >= 15 is 0 Å². The molecule has 0 bridgehead atoms. The van der Waals surface area contributed by atoms with Crippen LogP contribution in [0.25, 0.3) is 16.9 Å². The van der Waals surface area contributed by atoms with Gasteiger partial charge in [-0.1, -0.05) is 37.7 Å². The maximum Gasteiger partial charge on any atom is 0.175 e. The van der Waals surface area contributed by atoms with Gasteiger partial charge in [-0.3, -0.25) is 4.40 Å². The van der Waals surface area contributed by atoms with Crippen molar-refractivity contribution < 1.29 is 8.42 Å². The highest BCUT2D eigenvalue weighted by Gasteiger charge is 2.16. The van der Waals surface area contributed by atoms with Crippen LogP contribution in [0.5, 0.6) is 0 Å². The summed E-state index contributed by atoms with van der Waals surface area (Å²) in [5, 5.41) is 0. The third-order valence-electron chi connectivity index (χ3n) is 3.79. The molecule has 0 saturated carbocycles. The fourth-order valence-corrected chi connectivity index (χ4v) is 3.64. The molecule has 2 aromatic heterocycles. The minimum Gasteiger partial charge on any atom is -0.396 e. The molecule has 134 valence electrons. The molecule has 0 unspecified atom stereocenters. The van der Waals surface area contributed by atoms with E-state index < -0.39 is 17.9 Å². The Labute approximate surface area is 154 Å². The van der Waals surface area contributed by atoms with Crippen LogP contribution in [0.4, 0.5) is 5.69 Å². The van der Waals surface area contributed by atoms with Gasteiger partial charge in [0.25, 0.3) is 0 Å². The first-order chi connectivity index (χ1) is 12.1. The second-order valence-electron chi connectivity index (χ2n) is 7.26. The van der Waals surface area contributed by atoms with Crippen LogP contribution >= 0.6 is 0 Å². The van der Waals surface area contributed by atoms with Crippen LogP contribution in [-0.4, -0.2) is 32.1 Å². The lowest BCUT2D eigenvalue weighted by Gasteiger charge is -2.05. The number of rotatable bonds is 2. The summed E-state index contributed by atoms with van der Waals surface area (Å²) in [5.74, 6) is 3.29. The number of sulfone groups is 1. The smallest absolute Gasteiger partial charge is 0.175 e. The van der Waals surface area contributed by atoms with E-state index in [1.807, 2.05) is 16.7 Å². The van der Waals surface area contributed by atoms with E-state index in [0.717, 1.165) is 11.3 Å². The summed E-state index contributed by atoms with van der Waals surface area (Å²) >= 11 is 0. The molecule has 0 aliphatic rings. The Morgan fingerprint density at radius 1 is 1.12 bits per heavy atom. The predicted octanol–water partition coefficient (Wildman–Crippen LogP) is 3.22. The summed E-state index contributed by atoms with van der Waals surface area (Å²) in [6.07, 6.45) is 3.08. The molecule has 0 radical (unpaired) electrons. The number of nitrogen functional groups attached to an aromatic ring is 1. The highest BCUT2D eigenvalue weighted by Crippen LogP contribution is 2.27. The van der Waals surface area contributed by atoms with Gasteiger partial charge < -0.3 is 5.73 Å². The van der Waals surface area contributed by atoms with Crippen LogP contribution in [0.3, 0.4) is 0 Å². The number of nitrogens with zero attached hydrogens (tertiary/aromatic N) is 2. The van der Waals surface area contributed by atoms with Crippen molar-refractivity contribution in [3.8, 4) is 22.7 Å². The number of imidazole rings is 1. The number of benzene rings is 1. The Hall–Kier alpha value is -2.56. The van der Waals surface area contributed by atoms with Gasteiger partial charge in [0, 0.05) is 18.0 Å². The third-order valence-corrected chi connectivity index (χ3v) is 5.80. The van der Waals surface area contributed by atoms with E-state index in [2.05, 4.69) is 36.1 Å². The topological polar surface area (TPSA) is 77.5 Å². The molecular formula is C19H21N3O2SSi. The zero-order valence-corrected chi connectivity index (χ0v) is 17.1. The molecule has 0 aliphatic heterocycles. The number of pyridine rings is 1. The Kier molecular flexibility index (Phi) is 4.42. The molecule has 5 nitrogen and oxygen atoms in total. The molecule has 0 atom stereocenters. The molecule has 2 heterocycles. The Morgan fingerprint density at radius 3 is 2.35 bits per heavy atom. The summed E-state index contributed by atoms with van der Waals surface area (Å²) in [6.45, 7) is 6.54. The normalized spacial score (nSPS) is 12.0. The minimum atomic E-state index is -3.24. The van der Waals surface area contributed by atoms with Crippen molar-refractivity contribution >= 4 is 29.2 Å². The lowest BCUT2D eigenvalue weighted by atomic mass is 10.1. The zero-order chi connectivity index (χ0) is 19.1. The van der Waals surface area contributed by atoms with Crippen molar-refractivity contribution in [1.82, 2.24) is 9.38 Å². The van der Waals surface area contributed by atoms with E-state index in [1.165, 1.54) is 6.26 Å². The molecule has 0 fully saturated rings. The first kappa shape index (κ1) is 18.2. The monoisotopic (exact) mass is 383 g/mol. The fourth-order valence-electron chi connectivity index (χ4n) is 2.52. The Bertz CT molecular complexity index is 1150. The van der Waals surface area contributed by atoms with Gasteiger partial charge in [0.2, 0.25) is 0 Å². The number of aromatic nitrogens is 2. The minimum absolute atomic E-state index is 0.277.